The zero-order chi connectivity index (χ0) is 22.8. The number of aromatic nitrogens is 2. The Labute approximate surface area is 189 Å². The van der Waals surface area contributed by atoms with E-state index in [1.54, 1.807) is 13.0 Å². The van der Waals surface area contributed by atoms with Crippen molar-refractivity contribution in [3.8, 4) is 5.75 Å². The Kier molecular flexibility index (Phi) is 6.40. The zero-order valence-corrected chi connectivity index (χ0v) is 19.5. The van der Waals surface area contributed by atoms with Crippen LogP contribution in [0.1, 0.15) is 72.4 Å². The zero-order valence-electron chi connectivity index (χ0n) is 19.5. The van der Waals surface area contributed by atoms with Gasteiger partial charge in [-0.1, -0.05) is 37.5 Å². The van der Waals surface area contributed by atoms with Gasteiger partial charge in [-0.15, -0.1) is 0 Å². The Morgan fingerprint density at radius 2 is 1.94 bits per heavy atom. The molecule has 1 aliphatic carbocycles. The number of H-pyrrole nitrogens is 1. The van der Waals surface area contributed by atoms with Crippen LogP contribution in [-0.2, 0) is 6.54 Å². The number of carbonyl (C=O) groups is 1. The Morgan fingerprint density at radius 3 is 2.66 bits per heavy atom. The van der Waals surface area contributed by atoms with Gasteiger partial charge in [-0.25, -0.2) is 0 Å². The number of rotatable bonds is 6. The van der Waals surface area contributed by atoms with Gasteiger partial charge in [0.25, 0.3) is 11.5 Å². The van der Waals surface area contributed by atoms with Crippen molar-refractivity contribution in [2.24, 2.45) is 5.92 Å². The summed E-state index contributed by atoms with van der Waals surface area (Å²) in [5.74, 6) is 0.941. The standard InChI is InChI=1S/C26H33N3O3/c1-16-14-23(32-4)21(25(30)28-16)15-27-26(31)24-18(3)29(22-13-9-8-12-20(22)24)17(2)19-10-6-5-7-11-19/h8-9,12-14,17,19H,5-7,10-11,15H2,1-4H3,(H,27,31)(H,28,30). The van der Waals surface area contributed by atoms with E-state index in [0.29, 0.717) is 28.8 Å². The number of amides is 1. The number of nitrogens with one attached hydrogen (secondary N) is 2. The molecule has 6 nitrogen and oxygen atoms in total. The molecule has 2 aromatic heterocycles. The van der Waals surface area contributed by atoms with E-state index in [1.165, 1.54) is 39.2 Å². The summed E-state index contributed by atoms with van der Waals surface area (Å²) in [4.78, 5) is 28.6. The van der Waals surface area contributed by atoms with Crippen molar-refractivity contribution in [1.82, 2.24) is 14.9 Å². The summed E-state index contributed by atoms with van der Waals surface area (Å²) in [6.07, 6.45) is 6.38. The van der Waals surface area contributed by atoms with Gasteiger partial charge in [0.1, 0.15) is 5.75 Å². The summed E-state index contributed by atoms with van der Waals surface area (Å²) in [5, 5.41) is 3.92. The fraction of sp³-hybridized carbons (Fsp3) is 0.462. The third-order valence-electron chi connectivity index (χ3n) is 7.00. The highest BCUT2D eigenvalue weighted by atomic mass is 16.5. The molecule has 0 aliphatic heterocycles. The maximum absolute atomic E-state index is 13.4. The van der Waals surface area contributed by atoms with E-state index in [2.05, 4.69) is 27.9 Å². The molecule has 170 valence electrons. The number of nitrogens with zero attached hydrogens (tertiary/aromatic N) is 1. The van der Waals surface area contributed by atoms with Crippen LogP contribution in [0.25, 0.3) is 10.9 Å². The molecule has 1 amide bonds. The molecule has 0 spiro atoms. The summed E-state index contributed by atoms with van der Waals surface area (Å²) < 4.78 is 7.71. The van der Waals surface area contributed by atoms with Crippen LogP contribution in [0.3, 0.4) is 0 Å². The predicted octanol–water partition coefficient (Wildman–Crippen LogP) is 5.03. The fourth-order valence-electron chi connectivity index (χ4n) is 5.32. The number of methoxy groups -OCH3 is 1. The largest absolute Gasteiger partial charge is 0.496 e. The van der Waals surface area contributed by atoms with E-state index < -0.39 is 0 Å². The molecule has 6 heteroatoms. The smallest absolute Gasteiger partial charge is 0.256 e. The quantitative estimate of drug-likeness (QED) is 0.570. The number of para-hydroxylation sites is 1. The molecular weight excluding hydrogens is 402 g/mol. The molecule has 32 heavy (non-hydrogen) atoms. The van der Waals surface area contributed by atoms with E-state index in [0.717, 1.165) is 22.3 Å². The molecule has 2 N–H and O–H groups in total. The second-order valence-electron chi connectivity index (χ2n) is 9.00. The third kappa shape index (κ3) is 4.06. The second-order valence-corrected chi connectivity index (χ2v) is 9.00. The van der Waals surface area contributed by atoms with Gasteiger partial charge in [0.05, 0.1) is 24.8 Å². The van der Waals surface area contributed by atoms with Crippen molar-refractivity contribution in [2.45, 2.75) is 65.5 Å². The number of fused-ring (bicyclic) bond motifs is 1. The number of aryl methyl sites for hydroxylation is 1. The number of ether oxygens (including phenoxy) is 1. The van der Waals surface area contributed by atoms with Crippen molar-refractivity contribution < 1.29 is 9.53 Å². The van der Waals surface area contributed by atoms with Gasteiger partial charge in [-0.2, -0.15) is 0 Å². The molecule has 0 saturated heterocycles. The summed E-state index contributed by atoms with van der Waals surface area (Å²) in [5.41, 5.74) is 3.66. The number of hydrogen-bond donors (Lipinski definition) is 2. The van der Waals surface area contributed by atoms with Crippen LogP contribution < -0.4 is 15.6 Å². The first kappa shape index (κ1) is 22.2. The van der Waals surface area contributed by atoms with Gasteiger partial charge < -0.3 is 19.6 Å². The third-order valence-corrected chi connectivity index (χ3v) is 7.00. The van der Waals surface area contributed by atoms with Gasteiger partial charge in [0, 0.05) is 28.3 Å². The Bertz CT molecular complexity index is 1180. The van der Waals surface area contributed by atoms with Crippen LogP contribution in [0.2, 0.25) is 0 Å². The van der Waals surface area contributed by atoms with Crippen molar-refractivity contribution >= 4 is 16.8 Å². The lowest BCUT2D eigenvalue weighted by atomic mass is 9.84. The maximum Gasteiger partial charge on any atom is 0.256 e. The number of benzene rings is 1. The molecule has 4 rings (SSSR count). The average molecular weight is 436 g/mol. The highest BCUT2D eigenvalue weighted by molar-refractivity contribution is 6.08. The molecule has 1 fully saturated rings. The normalized spacial score (nSPS) is 15.6. The molecular formula is C26H33N3O3. The molecule has 0 bridgehead atoms. The number of aromatic amines is 1. The summed E-state index contributed by atoms with van der Waals surface area (Å²) in [6, 6.07) is 10.2. The fourth-order valence-corrected chi connectivity index (χ4v) is 5.32. The Morgan fingerprint density at radius 1 is 1.22 bits per heavy atom. The maximum atomic E-state index is 13.4. The molecule has 2 heterocycles. The lowest BCUT2D eigenvalue weighted by molar-refractivity contribution is 0.0951. The van der Waals surface area contributed by atoms with E-state index >= 15 is 0 Å². The van der Waals surface area contributed by atoms with Gasteiger partial charge in [-0.05, 0) is 51.7 Å². The molecule has 1 saturated carbocycles. The molecule has 3 aromatic rings. The van der Waals surface area contributed by atoms with Gasteiger partial charge in [0.2, 0.25) is 0 Å². The predicted molar refractivity (Wildman–Crippen MR) is 127 cm³/mol. The van der Waals surface area contributed by atoms with E-state index in [9.17, 15) is 9.59 Å². The summed E-state index contributed by atoms with van der Waals surface area (Å²) >= 11 is 0. The van der Waals surface area contributed by atoms with Crippen molar-refractivity contribution in [2.75, 3.05) is 7.11 Å². The first-order valence-electron chi connectivity index (χ1n) is 11.6. The van der Waals surface area contributed by atoms with Crippen molar-refractivity contribution in [3.63, 3.8) is 0 Å². The highest BCUT2D eigenvalue weighted by Crippen LogP contribution is 2.37. The van der Waals surface area contributed by atoms with Gasteiger partial charge >= 0.3 is 0 Å². The monoisotopic (exact) mass is 435 g/mol. The lowest BCUT2D eigenvalue weighted by Crippen LogP contribution is -2.28. The van der Waals surface area contributed by atoms with Crippen molar-refractivity contribution in [3.05, 3.63) is 63.2 Å². The molecule has 0 radical (unpaired) electrons. The Hall–Kier alpha value is -3.02. The van der Waals surface area contributed by atoms with Gasteiger partial charge in [-0.3, -0.25) is 9.59 Å². The number of carbonyl (C=O) groups excluding carboxylic acids is 1. The second kappa shape index (κ2) is 9.23. The highest BCUT2D eigenvalue weighted by Gasteiger charge is 2.27. The first-order valence-corrected chi connectivity index (χ1v) is 11.6. The minimum atomic E-state index is -0.243. The van der Waals surface area contributed by atoms with Crippen LogP contribution in [0.4, 0.5) is 0 Å². The minimum Gasteiger partial charge on any atom is -0.496 e. The average Bonchev–Trinajstić information content (AvgIpc) is 3.09. The molecule has 1 unspecified atom stereocenters. The number of hydrogen-bond acceptors (Lipinski definition) is 3. The summed E-state index contributed by atoms with van der Waals surface area (Å²) in [7, 11) is 1.53. The summed E-state index contributed by atoms with van der Waals surface area (Å²) in [6.45, 7) is 6.23. The van der Waals surface area contributed by atoms with Crippen LogP contribution in [-0.4, -0.2) is 22.6 Å². The Balaban J connectivity index is 1.67. The topological polar surface area (TPSA) is 76.1 Å². The van der Waals surface area contributed by atoms with Crippen LogP contribution in [0, 0.1) is 19.8 Å². The van der Waals surface area contributed by atoms with Gasteiger partial charge in [0.15, 0.2) is 0 Å². The molecule has 1 aliphatic rings. The van der Waals surface area contributed by atoms with Crippen molar-refractivity contribution in [1.29, 1.82) is 0 Å². The van der Waals surface area contributed by atoms with Crippen LogP contribution in [0.15, 0.2) is 35.1 Å². The number of pyridine rings is 1. The van der Waals surface area contributed by atoms with Crippen LogP contribution >= 0.6 is 0 Å². The molecule has 1 atom stereocenters. The minimum absolute atomic E-state index is 0.106. The lowest BCUT2D eigenvalue weighted by Gasteiger charge is -2.30. The van der Waals surface area contributed by atoms with Crippen LogP contribution in [0.5, 0.6) is 5.75 Å². The van der Waals surface area contributed by atoms with E-state index in [-0.39, 0.29) is 18.0 Å². The first-order chi connectivity index (χ1) is 15.4. The van der Waals surface area contributed by atoms with E-state index in [1.807, 2.05) is 25.1 Å². The SMILES string of the molecule is COc1cc(C)[nH]c(=O)c1CNC(=O)c1c(C)n(C(C)C2CCCCC2)c2ccccc12. The van der Waals surface area contributed by atoms with E-state index in [4.69, 9.17) is 4.74 Å². The molecule has 1 aromatic carbocycles.